The minimum atomic E-state index is -0.457. The molecule has 1 heterocycles. The first-order valence-corrected chi connectivity index (χ1v) is 6.16. The molecule has 80 valence electrons. The van der Waals surface area contributed by atoms with E-state index >= 15 is 0 Å². The van der Waals surface area contributed by atoms with Gasteiger partial charge >= 0.3 is 0 Å². The van der Waals surface area contributed by atoms with E-state index < -0.39 is 5.82 Å². The average molecular weight is 246 g/mol. The molecule has 0 bridgehead atoms. The molecule has 0 aliphatic carbocycles. The highest BCUT2D eigenvalue weighted by Crippen LogP contribution is 2.21. The summed E-state index contributed by atoms with van der Waals surface area (Å²) in [5.74, 6) is 0.481. The van der Waals surface area contributed by atoms with Crippen molar-refractivity contribution in [2.24, 2.45) is 0 Å². The van der Waals surface area contributed by atoms with E-state index in [0.29, 0.717) is 5.52 Å². The first-order chi connectivity index (χ1) is 7.22. The van der Waals surface area contributed by atoms with Crippen LogP contribution in [0.1, 0.15) is 0 Å². The van der Waals surface area contributed by atoms with Gasteiger partial charge in [0.25, 0.3) is 0 Å². The van der Waals surface area contributed by atoms with Gasteiger partial charge in [-0.25, -0.2) is 9.07 Å². The molecule has 0 saturated carbocycles. The van der Waals surface area contributed by atoms with Gasteiger partial charge in [-0.2, -0.15) is 11.8 Å². The fourth-order valence-electron chi connectivity index (χ4n) is 1.31. The summed E-state index contributed by atoms with van der Waals surface area (Å²) in [5, 5.41) is 7.93. The molecule has 3 nitrogen and oxygen atoms in total. The second-order valence-electron chi connectivity index (χ2n) is 3.06. The van der Waals surface area contributed by atoms with Crippen LogP contribution in [0.5, 0.6) is 0 Å². The summed E-state index contributed by atoms with van der Waals surface area (Å²) in [6.45, 7) is 0.750. The van der Waals surface area contributed by atoms with Crippen molar-refractivity contribution >= 4 is 34.4 Å². The SMILES string of the molecule is CSCCn1nnc2cc(F)c(Cl)cc21. The van der Waals surface area contributed by atoms with Crippen LogP contribution in [0.4, 0.5) is 4.39 Å². The maximum absolute atomic E-state index is 13.1. The van der Waals surface area contributed by atoms with E-state index in [0.717, 1.165) is 17.8 Å². The van der Waals surface area contributed by atoms with Gasteiger partial charge in [-0.3, -0.25) is 0 Å². The Labute approximate surface area is 95.6 Å². The number of hydrogen-bond donors (Lipinski definition) is 0. The summed E-state index contributed by atoms with van der Waals surface area (Å²) in [5.41, 5.74) is 1.31. The van der Waals surface area contributed by atoms with Crippen molar-refractivity contribution in [3.63, 3.8) is 0 Å². The third kappa shape index (κ3) is 2.08. The van der Waals surface area contributed by atoms with Crippen molar-refractivity contribution in [2.45, 2.75) is 6.54 Å². The first-order valence-electron chi connectivity index (χ1n) is 4.39. The highest BCUT2D eigenvalue weighted by Gasteiger charge is 2.08. The van der Waals surface area contributed by atoms with Crippen LogP contribution in [0.3, 0.4) is 0 Å². The lowest BCUT2D eigenvalue weighted by Gasteiger charge is -2.00. The Hall–Kier alpha value is -0.810. The molecule has 0 fully saturated rings. The largest absolute Gasteiger partial charge is 0.244 e. The Kier molecular flexibility index (Phi) is 3.11. The van der Waals surface area contributed by atoms with Gasteiger partial charge in [-0.05, 0) is 12.3 Å². The fourth-order valence-corrected chi connectivity index (χ4v) is 1.82. The second-order valence-corrected chi connectivity index (χ2v) is 4.45. The highest BCUT2D eigenvalue weighted by atomic mass is 35.5. The van der Waals surface area contributed by atoms with Gasteiger partial charge in [0.15, 0.2) is 0 Å². The van der Waals surface area contributed by atoms with Gasteiger partial charge in [-0.1, -0.05) is 16.8 Å². The molecule has 2 aromatic rings. The molecule has 1 aromatic carbocycles. The Morgan fingerprint density at radius 3 is 3.07 bits per heavy atom. The number of halogens is 2. The van der Waals surface area contributed by atoms with Crippen LogP contribution in [0.2, 0.25) is 5.02 Å². The number of thioether (sulfide) groups is 1. The summed E-state index contributed by atoms with van der Waals surface area (Å²) < 4.78 is 14.8. The van der Waals surface area contributed by atoms with E-state index in [9.17, 15) is 4.39 Å². The van der Waals surface area contributed by atoms with E-state index in [1.165, 1.54) is 6.07 Å². The van der Waals surface area contributed by atoms with Crippen molar-refractivity contribution < 1.29 is 4.39 Å². The second kappa shape index (κ2) is 4.37. The zero-order valence-electron chi connectivity index (χ0n) is 8.07. The molecule has 0 unspecified atom stereocenters. The summed E-state index contributed by atoms with van der Waals surface area (Å²) in [6.07, 6.45) is 2.02. The molecule has 0 saturated heterocycles. The number of fused-ring (bicyclic) bond motifs is 1. The van der Waals surface area contributed by atoms with E-state index in [1.54, 1.807) is 22.5 Å². The lowest BCUT2D eigenvalue weighted by atomic mass is 10.3. The monoisotopic (exact) mass is 245 g/mol. The third-order valence-corrected chi connectivity index (χ3v) is 2.94. The van der Waals surface area contributed by atoms with Crippen LogP contribution >= 0.6 is 23.4 Å². The Morgan fingerprint density at radius 2 is 2.33 bits per heavy atom. The quantitative estimate of drug-likeness (QED) is 0.833. The van der Waals surface area contributed by atoms with E-state index in [4.69, 9.17) is 11.6 Å². The first kappa shape index (κ1) is 10.7. The zero-order valence-corrected chi connectivity index (χ0v) is 9.65. The number of rotatable bonds is 3. The molecular weight excluding hydrogens is 237 g/mol. The Balaban J connectivity index is 2.45. The average Bonchev–Trinajstić information content (AvgIpc) is 2.59. The summed E-state index contributed by atoms with van der Waals surface area (Å²) in [4.78, 5) is 0. The third-order valence-electron chi connectivity index (χ3n) is 2.06. The predicted molar refractivity (Wildman–Crippen MR) is 60.9 cm³/mol. The van der Waals surface area contributed by atoms with Crippen LogP contribution in [-0.2, 0) is 6.54 Å². The fraction of sp³-hybridized carbons (Fsp3) is 0.333. The minimum absolute atomic E-state index is 0.107. The molecule has 2 rings (SSSR count). The van der Waals surface area contributed by atoms with Crippen LogP contribution in [-0.4, -0.2) is 27.0 Å². The number of hydrogen-bond acceptors (Lipinski definition) is 3. The summed E-state index contributed by atoms with van der Waals surface area (Å²) in [6, 6.07) is 2.87. The maximum atomic E-state index is 13.1. The summed E-state index contributed by atoms with van der Waals surface area (Å²) in [7, 11) is 0. The molecule has 0 N–H and O–H groups in total. The Bertz CT molecular complexity index is 485. The lowest BCUT2D eigenvalue weighted by Crippen LogP contribution is -2.02. The minimum Gasteiger partial charge on any atom is -0.244 e. The molecule has 1 aromatic heterocycles. The van der Waals surface area contributed by atoms with Crippen molar-refractivity contribution in [1.82, 2.24) is 15.0 Å². The standard InChI is InChI=1S/C9H9ClFN3S/c1-15-3-2-14-9-4-6(10)7(11)5-8(9)12-13-14/h4-5H,2-3H2,1H3. The van der Waals surface area contributed by atoms with E-state index in [1.807, 2.05) is 6.26 Å². The van der Waals surface area contributed by atoms with Crippen molar-refractivity contribution in [1.29, 1.82) is 0 Å². The van der Waals surface area contributed by atoms with E-state index in [-0.39, 0.29) is 5.02 Å². The molecule has 15 heavy (non-hydrogen) atoms. The van der Waals surface area contributed by atoms with Gasteiger partial charge in [0.1, 0.15) is 11.3 Å². The van der Waals surface area contributed by atoms with Gasteiger partial charge in [0, 0.05) is 11.8 Å². The zero-order chi connectivity index (χ0) is 10.8. The van der Waals surface area contributed by atoms with Crippen LogP contribution in [0.25, 0.3) is 11.0 Å². The topological polar surface area (TPSA) is 30.7 Å². The van der Waals surface area contributed by atoms with Gasteiger partial charge < -0.3 is 0 Å². The molecule has 0 atom stereocenters. The van der Waals surface area contributed by atoms with Crippen LogP contribution < -0.4 is 0 Å². The van der Waals surface area contributed by atoms with Crippen molar-refractivity contribution in [3.8, 4) is 0 Å². The van der Waals surface area contributed by atoms with Crippen molar-refractivity contribution in [2.75, 3.05) is 12.0 Å². The number of nitrogens with zero attached hydrogens (tertiary/aromatic N) is 3. The Morgan fingerprint density at radius 1 is 1.53 bits per heavy atom. The van der Waals surface area contributed by atoms with Crippen molar-refractivity contribution in [3.05, 3.63) is 23.0 Å². The maximum Gasteiger partial charge on any atom is 0.144 e. The number of aryl methyl sites for hydroxylation is 1. The smallest absolute Gasteiger partial charge is 0.144 e. The van der Waals surface area contributed by atoms with Gasteiger partial charge in [0.2, 0.25) is 0 Å². The summed E-state index contributed by atoms with van der Waals surface area (Å²) >= 11 is 7.42. The molecule has 0 spiro atoms. The molecule has 0 radical (unpaired) electrons. The number of benzene rings is 1. The molecule has 0 aliphatic rings. The lowest BCUT2D eigenvalue weighted by molar-refractivity contribution is 0.629. The normalized spacial score (nSPS) is 11.1. The van der Waals surface area contributed by atoms with Gasteiger partial charge in [0.05, 0.1) is 17.1 Å². The van der Waals surface area contributed by atoms with Crippen LogP contribution in [0.15, 0.2) is 12.1 Å². The highest BCUT2D eigenvalue weighted by molar-refractivity contribution is 7.98. The number of aromatic nitrogens is 3. The van der Waals surface area contributed by atoms with Gasteiger partial charge in [-0.15, -0.1) is 5.10 Å². The predicted octanol–water partition coefficient (Wildman–Crippen LogP) is 2.59. The van der Waals surface area contributed by atoms with E-state index in [2.05, 4.69) is 10.3 Å². The molecule has 6 heteroatoms. The van der Waals surface area contributed by atoms with Crippen LogP contribution in [0, 0.1) is 5.82 Å². The molecule has 0 amide bonds. The molecule has 0 aliphatic heterocycles. The molecular formula is C9H9ClFN3S.